The number of nitrogens with one attached hydrogen (secondary N) is 1. The van der Waals surface area contributed by atoms with E-state index < -0.39 is 6.04 Å². The number of carbonyl (C=O) groups is 1. The van der Waals surface area contributed by atoms with Gasteiger partial charge in [-0.05, 0) is 30.5 Å². The average Bonchev–Trinajstić information content (AvgIpc) is 2.94. The maximum Gasteiger partial charge on any atom is 0.241 e. The van der Waals surface area contributed by atoms with E-state index in [4.69, 9.17) is 17.3 Å². The Morgan fingerprint density at radius 1 is 1.48 bits per heavy atom. The van der Waals surface area contributed by atoms with E-state index in [-0.39, 0.29) is 18.3 Å². The molecule has 1 aromatic carbocycles. The van der Waals surface area contributed by atoms with Crippen LogP contribution in [0.2, 0.25) is 5.02 Å². The molecular weight excluding hydrogens is 375 g/mol. The maximum absolute atomic E-state index is 12.0. The van der Waals surface area contributed by atoms with Gasteiger partial charge >= 0.3 is 0 Å². The monoisotopic (exact) mass is 392 g/mol. The lowest BCUT2D eigenvalue weighted by molar-refractivity contribution is -0.117. The summed E-state index contributed by atoms with van der Waals surface area (Å²) in [6.45, 7) is 4.06. The molecule has 2 aromatic rings. The van der Waals surface area contributed by atoms with E-state index >= 15 is 0 Å². The molecule has 5 nitrogen and oxygen atoms in total. The first-order chi connectivity index (χ1) is 10.5. The number of anilines is 1. The van der Waals surface area contributed by atoms with Crippen molar-refractivity contribution in [2.45, 2.75) is 35.5 Å². The highest BCUT2D eigenvalue weighted by atomic mass is 35.5. The Bertz CT molecular complexity index is 638. The lowest BCUT2D eigenvalue weighted by Crippen LogP contribution is -2.36. The molecule has 0 aliphatic heterocycles. The summed E-state index contributed by atoms with van der Waals surface area (Å²) in [7, 11) is 0. The highest BCUT2D eigenvalue weighted by Crippen LogP contribution is 2.35. The molecule has 0 aliphatic carbocycles. The molecule has 0 unspecified atom stereocenters. The number of hydrogen-bond acceptors (Lipinski definition) is 6. The first kappa shape index (κ1) is 20.2. The zero-order valence-corrected chi connectivity index (χ0v) is 15.9. The fourth-order valence-corrected chi connectivity index (χ4v) is 3.55. The molecule has 3 N–H and O–H groups in total. The third kappa shape index (κ3) is 6.27. The lowest BCUT2D eigenvalue weighted by Gasteiger charge is -2.14. The first-order valence-corrected chi connectivity index (χ1v) is 8.83. The molecule has 0 saturated heterocycles. The summed E-state index contributed by atoms with van der Waals surface area (Å²) in [6, 6.07) is 4.84. The largest absolute Gasteiger partial charge is 0.325 e. The summed E-state index contributed by atoms with van der Waals surface area (Å²) >= 11 is 9.13. The quantitative estimate of drug-likeness (QED) is 0.773. The van der Waals surface area contributed by atoms with Crippen LogP contribution < -0.4 is 11.1 Å². The standard InChI is InChI=1S/C14H17ClN4OS2.ClH/c1-8(2)5-11(16)13(20)18-9-3-4-12(10(15)6-9)22-14-19-17-7-21-14;/h3-4,6-8,11H,5,16H2,1-2H3,(H,18,20);1H/t11-;/m0./s1. The highest BCUT2D eigenvalue weighted by Gasteiger charge is 2.15. The number of halogens is 2. The fourth-order valence-electron chi connectivity index (χ4n) is 1.81. The molecular formula is C14H18Cl2N4OS2. The molecule has 0 bridgehead atoms. The second-order valence-corrected chi connectivity index (χ2v) is 7.71. The van der Waals surface area contributed by atoms with Gasteiger partial charge in [0, 0.05) is 10.6 Å². The molecule has 1 atom stereocenters. The van der Waals surface area contributed by atoms with E-state index in [2.05, 4.69) is 15.5 Å². The Kier molecular flexibility index (Phi) is 8.28. The van der Waals surface area contributed by atoms with Crippen LogP contribution in [-0.2, 0) is 4.79 Å². The third-order valence-corrected chi connectivity index (χ3v) is 5.08. The maximum atomic E-state index is 12.0. The predicted molar refractivity (Wildman–Crippen MR) is 98.8 cm³/mol. The van der Waals surface area contributed by atoms with Crippen molar-refractivity contribution in [2.75, 3.05) is 5.32 Å². The van der Waals surface area contributed by atoms with Gasteiger partial charge in [-0.15, -0.1) is 22.6 Å². The van der Waals surface area contributed by atoms with Crippen LogP contribution in [0.1, 0.15) is 20.3 Å². The summed E-state index contributed by atoms with van der Waals surface area (Å²) in [4.78, 5) is 12.9. The summed E-state index contributed by atoms with van der Waals surface area (Å²) in [5.74, 6) is 0.171. The van der Waals surface area contributed by atoms with Crippen molar-refractivity contribution in [1.29, 1.82) is 0 Å². The van der Waals surface area contributed by atoms with Crippen molar-refractivity contribution in [3.05, 3.63) is 28.7 Å². The molecule has 0 fully saturated rings. The van der Waals surface area contributed by atoms with Crippen molar-refractivity contribution in [1.82, 2.24) is 10.2 Å². The molecule has 126 valence electrons. The number of aromatic nitrogens is 2. The molecule has 1 amide bonds. The molecule has 9 heteroatoms. The number of benzene rings is 1. The molecule has 0 spiro atoms. The van der Waals surface area contributed by atoms with Crippen LogP contribution >= 0.6 is 47.1 Å². The first-order valence-electron chi connectivity index (χ1n) is 6.75. The van der Waals surface area contributed by atoms with E-state index in [1.807, 2.05) is 19.9 Å². The van der Waals surface area contributed by atoms with Crippen molar-refractivity contribution in [3.8, 4) is 0 Å². The van der Waals surface area contributed by atoms with Gasteiger partial charge in [-0.3, -0.25) is 4.79 Å². The summed E-state index contributed by atoms with van der Waals surface area (Å²) in [5.41, 5.74) is 8.16. The zero-order valence-electron chi connectivity index (χ0n) is 12.7. The summed E-state index contributed by atoms with van der Waals surface area (Å²) < 4.78 is 0.817. The van der Waals surface area contributed by atoms with Gasteiger partial charge in [0.2, 0.25) is 5.91 Å². The highest BCUT2D eigenvalue weighted by molar-refractivity contribution is 8.01. The number of carbonyl (C=O) groups excluding carboxylic acids is 1. The van der Waals surface area contributed by atoms with Crippen molar-refractivity contribution < 1.29 is 4.79 Å². The molecule has 1 heterocycles. The Labute approximate surface area is 154 Å². The molecule has 23 heavy (non-hydrogen) atoms. The Hall–Kier alpha value is -0.860. The topological polar surface area (TPSA) is 80.9 Å². The molecule has 1 aromatic heterocycles. The van der Waals surface area contributed by atoms with E-state index in [1.54, 1.807) is 17.6 Å². The third-order valence-electron chi connectivity index (χ3n) is 2.80. The second-order valence-electron chi connectivity index (χ2n) is 5.18. The number of amides is 1. The van der Waals surface area contributed by atoms with Crippen LogP contribution in [0.15, 0.2) is 32.9 Å². The minimum absolute atomic E-state index is 0. The van der Waals surface area contributed by atoms with Crippen LogP contribution in [0.3, 0.4) is 0 Å². The minimum atomic E-state index is -0.519. The van der Waals surface area contributed by atoms with Gasteiger partial charge in [-0.2, -0.15) is 0 Å². The van der Waals surface area contributed by atoms with Crippen LogP contribution in [0.25, 0.3) is 0 Å². The van der Waals surface area contributed by atoms with Crippen molar-refractivity contribution in [2.24, 2.45) is 11.7 Å². The molecule has 0 radical (unpaired) electrons. The van der Waals surface area contributed by atoms with Crippen molar-refractivity contribution in [3.63, 3.8) is 0 Å². The number of nitrogens with two attached hydrogens (primary N) is 1. The number of rotatable bonds is 6. The average molecular weight is 393 g/mol. The molecule has 0 saturated carbocycles. The summed E-state index contributed by atoms with van der Waals surface area (Å²) in [6.07, 6.45) is 0.643. The Balaban J connectivity index is 0.00000264. The minimum Gasteiger partial charge on any atom is -0.325 e. The number of nitrogens with zero attached hydrogens (tertiary/aromatic N) is 2. The Morgan fingerprint density at radius 3 is 2.78 bits per heavy atom. The van der Waals surface area contributed by atoms with Gasteiger partial charge in [0.1, 0.15) is 5.51 Å². The van der Waals surface area contributed by atoms with E-state index in [9.17, 15) is 4.79 Å². The van der Waals surface area contributed by atoms with Crippen LogP contribution in [0.4, 0.5) is 5.69 Å². The van der Waals surface area contributed by atoms with E-state index in [1.165, 1.54) is 23.1 Å². The van der Waals surface area contributed by atoms with Gasteiger partial charge in [0.15, 0.2) is 4.34 Å². The van der Waals surface area contributed by atoms with Gasteiger partial charge in [-0.1, -0.05) is 48.5 Å². The van der Waals surface area contributed by atoms with Gasteiger partial charge in [0.25, 0.3) is 0 Å². The zero-order chi connectivity index (χ0) is 16.1. The molecule has 2 rings (SSSR count). The fraction of sp³-hybridized carbons (Fsp3) is 0.357. The molecule has 0 aliphatic rings. The van der Waals surface area contributed by atoms with Gasteiger partial charge in [0.05, 0.1) is 11.1 Å². The van der Waals surface area contributed by atoms with E-state index in [0.29, 0.717) is 23.0 Å². The van der Waals surface area contributed by atoms with Crippen LogP contribution in [-0.4, -0.2) is 22.1 Å². The second kappa shape index (κ2) is 9.44. The predicted octanol–water partition coefficient (Wildman–Crippen LogP) is 4.08. The summed E-state index contributed by atoms with van der Waals surface area (Å²) in [5, 5.41) is 11.1. The van der Waals surface area contributed by atoms with E-state index in [0.717, 1.165) is 9.24 Å². The Morgan fingerprint density at radius 2 is 2.22 bits per heavy atom. The SMILES string of the molecule is CC(C)C[C@H](N)C(=O)Nc1ccc(Sc2nncs2)c(Cl)c1.Cl. The van der Waals surface area contributed by atoms with Gasteiger partial charge < -0.3 is 11.1 Å². The van der Waals surface area contributed by atoms with Gasteiger partial charge in [-0.25, -0.2) is 0 Å². The lowest BCUT2D eigenvalue weighted by atomic mass is 10.0. The number of hydrogen-bond donors (Lipinski definition) is 2. The van der Waals surface area contributed by atoms with Crippen molar-refractivity contribution >= 4 is 58.7 Å². The van der Waals surface area contributed by atoms with Crippen LogP contribution in [0, 0.1) is 5.92 Å². The normalized spacial score (nSPS) is 11.9. The smallest absolute Gasteiger partial charge is 0.241 e. The van der Waals surface area contributed by atoms with Crippen LogP contribution in [0.5, 0.6) is 0 Å².